The number of aromatic nitrogens is 2. The second-order valence-electron chi connectivity index (χ2n) is 8.41. The Morgan fingerprint density at radius 2 is 2.14 bits per heavy atom. The number of carboxylic acids is 1. The van der Waals surface area contributed by atoms with E-state index in [1.54, 1.807) is 43.4 Å². The molecule has 3 heterocycles. The van der Waals surface area contributed by atoms with Crippen molar-refractivity contribution < 1.29 is 28.2 Å². The fourth-order valence-corrected chi connectivity index (χ4v) is 5.99. The van der Waals surface area contributed by atoms with Crippen molar-refractivity contribution >= 4 is 61.2 Å². The van der Waals surface area contributed by atoms with Crippen molar-refractivity contribution in [2.24, 2.45) is 0 Å². The van der Waals surface area contributed by atoms with E-state index in [0.717, 1.165) is 21.0 Å². The minimum atomic E-state index is -2.51. The Morgan fingerprint density at radius 3 is 2.75 bits per heavy atom. The zero-order chi connectivity index (χ0) is 26.1. The van der Waals surface area contributed by atoms with Gasteiger partial charge >= 0.3 is 5.97 Å². The highest BCUT2D eigenvalue weighted by atomic mass is 32.2. The van der Waals surface area contributed by atoms with Gasteiger partial charge in [0, 0.05) is 38.6 Å². The van der Waals surface area contributed by atoms with Crippen LogP contribution in [0.5, 0.6) is 5.75 Å². The Kier molecular flexibility index (Phi) is 7.28. The maximum Gasteiger partial charge on any atom is 0.326 e. The maximum atomic E-state index is 13.4. The van der Waals surface area contributed by atoms with Gasteiger partial charge in [-0.05, 0) is 35.6 Å². The van der Waals surface area contributed by atoms with Gasteiger partial charge in [0.1, 0.15) is 28.7 Å². The number of fused-ring (bicyclic) bond motifs is 1. The van der Waals surface area contributed by atoms with Gasteiger partial charge in [0.2, 0.25) is 5.91 Å². The molecule has 0 radical (unpaired) electrons. The molecule has 192 valence electrons. The number of anilines is 3. The van der Waals surface area contributed by atoms with Gasteiger partial charge in [-0.3, -0.25) is 9.35 Å². The number of nitrogen functional groups attached to an aromatic ring is 1. The second kappa shape index (κ2) is 10.2. The molecule has 1 aliphatic heterocycles. The van der Waals surface area contributed by atoms with Crippen molar-refractivity contribution in [1.29, 1.82) is 0 Å². The average molecular weight is 535 g/mol. The van der Waals surface area contributed by atoms with E-state index >= 15 is 0 Å². The quantitative estimate of drug-likeness (QED) is 0.344. The first kappa shape index (κ1) is 25.6. The first-order chi connectivity index (χ1) is 17.1. The summed E-state index contributed by atoms with van der Waals surface area (Å²) in [6.45, 7) is 0.111. The van der Waals surface area contributed by atoms with E-state index in [4.69, 9.17) is 10.5 Å². The van der Waals surface area contributed by atoms with Crippen LogP contribution < -0.4 is 19.7 Å². The molecule has 4 rings (SSSR count). The number of carbonyl (C=O) groups excluding carboxylic acids is 1. The summed E-state index contributed by atoms with van der Waals surface area (Å²) in [7, 11) is 5.04. The molecule has 1 aromatic carbocycles. The number of likely N-dealkylation sites (tertiary alicyclic amines) is 1. The molecule has 2 aromatic heterocycles. The lowest BCUT2D eigenvalue weighted by atomic mass is 10.00. The van der Waals surface area contributed by atoms with Crippen LogP contribution in [0.3, 0.4) is 0 Å². The molecule has 1 fully saturated rings. The van der Waals surface area contributed by atoms with Gasteiger partial charge in [0.15, 0.2) is 5.13 Å². The number of carbonyl (C=O) groups is 2. The number of benzene rings is 1. The van der Waals surface area contributed by atoms with Crippen LogP contribution in [0.25, 0.3) is 10.8 Å². The molecule has 3 aromatic rings. The number of aliphatic carboxylic acids is 1. The Balaban J connectivity index is 1.63. The minimum absolute atomic E-state index is 0.0251. The van der Waals surface area contributed by atoms with Crippen LogP contribution in [0, 0.1) is 0 Å². The van der Waals surface area contributed by atoms with Crippen LogP contribution in [-0.4, -0.2) is 80.4 Å². The van der Waals surface area contributed by atoms with Crippen molar-refractivity contribution in [2.45, 2.75) is 24.9 Å². The lowest BCUT2D eigenvalue weighted by Gasteiger charge is -2.27. The van der Waals surface area contributed by atoms with Crippen molar-refractivity contribution in [3.05, 3.63) is 36.2 Å². The average Bonchev–Trinajstić information content (AvgIpc) is 3.45. The number of methoxy groups -OCH3 is 1. The number of nitrogens with zero attached hydrogens (tertiary/aromatic N) is 5. The molecular weight excluding hydrogens is 508 g/mol. The van der Waals surface area contributed by atoms with Crippen LogP contribution in [0.4, 0.5) is 16.0 Å². The summed E-state index contributed by atoms with van der Waals surface area (Å²) in [5, 5.41) is 12.4. The molecule has 1 saturated heterocycles. The third-order valence-corrected chi connectivity index (χ3v) is 8.08. The fraction of sp³-hybridized carbons (Fsp3) is 0.364. The molecule has 3 atom stereocenters. The summed E-state index contributed by atoms with van der Waals surface area (Å²) in [6.07, 6.45) is 3.14. The standard InChI is InChI=1S/C22H26N6O6S2/c1-26(2)22-25-11-18(35-22)28(36(32)33)15-5-7-27(20(15)29)16(21(30)31)9-13-8-12-4-6-24-19(23)14(12)10-17(13)34-3/h4,6,8,10-11,15-16H,5,7,9H2,1-3H3,(H2,23,24)(H,30,31)(H,32,33)/t15-,16+/m0/s1. The minimum Gasteiger partial charge on any atom is -0.496 e. The lowest BCUT2D eigenvalue weighted by molar-refractivity contribution is -0.148. The molecule has 1 unspecified atom stereocenters. The first-order valence-electron chi connectivity index (χ1n) is 10.9. The molecule has 0 saturated carbocycles. The Morgan fingerprint density at radius 1 is 1.39 bits per heavy atom. The molecule has 4 N–H and O–H groups in total. The monoisotopic (exact) mass is 534 g/mol. The van der Waals surface area contributed by atoms with Gasteiger partial charge < -0.3 is 25.4 Å². The summed E-state index contributed by atoms with van der Waals surface area (Å²) in [4.78, 5) is 37.0. The van der Waals surface area contributed by atoms with Crippen LogP contribution in [-0.2, 0) is 27.3 Å². The van der Waals surface area contributed by atoms with Gasteiger partial charge in [-0.25, -0.2) is 23.3 Å². The van der Waals surface area contributed by atoms with E-state index in [9.17, 15) is 23.5 Å². The highest BCUT2D eigenvalue weighted by Crippen LogP contribution is 2.35. The van der Waals surface area contributed by atoms with Crippen LogP contribution >= 0.6 is 11.3 Å². The molecular formula is C22H26N6O6S2. The number of hydrogen-bond acceptors (Lipinski definition) is 9. The van der Waals surface area contributed by atoms with Crippen LogP contribution in [0.15, 0.2) is 30.6 Å². The summed E-state index contributed by atoms with van der Waals surface area (Å²) in [6, 6.07) is 3.02. The highest BCUT2D eigenvalue weighted by Gasteiger charge is 2.44. The number of amides is 1. The van der Waals surface area contributed by atoms with Crippen molar-refractivity contribution in [1.82, 2.24) is 14.9 Å². The number of ether oxygens (including phenoxy) is 1. The number of thiazole rings is 1. The van der Waals surface area contributed by atoms with Crippen molar-refractivity contribution in [3.8, 4) is 5.75 Å². The van der Waals surface area contributed by atoms with Gasteiger partial charge in [-0.1, -0.05) is 11.3 Å². The second-order valence-corrected chi connectivity index (χ2v) is 10.3. The molecule has 14 heteroatoms. The zero-order valence-electron chi connectivity index (χ0n) is 19.8. The predicted molar refractivity (Wildman–Crippen MR) is 138 cm³/mol. The van der Waals surface area contributed by atoms with Crippen LogP contribution in [0.2, 0.25) is 0 Å². The fourth-order valence-electron chi connectivity index (χ4n) is 4.28. The molecule has 1 aliphatic rings. The van der Waals surface area contributed by atoms with E-state index in [0.29, 0.717) is 32.6 Å². The van der Waals surface area contributed by atoms with Crippen molar-refractivity contribution in [3.63, 3.8) is 0 Å². The topological polar surface area (TPSA) is 162 Å². The maximum absolute atomic E-state index is 13.4. The van der Waals surface area contributed by atoms with Crippen LogP contribution in [0.1, 0.15) is 12.0 Å². The summed E-state index contributed by atoms with van der Waals surface area (Å²) < 4.78 is 28.8. The SMILES string of the molecule is COc1cc2c(N)nccc2cc1C[C@H](C(=O)O)N1CC[C@H](N(c2cnc(N(C)C)s2)S(=O)O)C1=O. The number of nitrogens with two attached hydrogens (primary N) is 1. The third kappa shape index (κ3) is 4.79. The highest BCUT2D eigenvalue weighted by molar-refractivity contribution is 7.81. The number of carboxylic acid groups (broad SMARTS) is 1. The third-order valence-electron chi connectivity index (χ3n) is 6.01. The molecule has 36 heavy (non-hydrogen) atoms. The molecule has 0 spiro atoms. The molecule has 1 amide bonds. The number of pyridine rings is 1. The van der Waals surface area contributed by atoms with E-state index in [-0.39, 0.29) is 19.4 Å². The lowest BCUT2D eigenvalue weighted by Crippen LogP contribution is -2.48. The summed E-state index contributed by atoms with van der Waals surface area (Å²) >= 11 is -1.35. The van der Waals surface area contributed by atoms with E-state index in [1.165, 1.54) is 18.2 Å². The molecule has 0 aliphatic carbocycles. The zero-order valence-corrected chi connectivity index (χ0v) is 21.5. The molecule has 12 nitrogen and oxygen atoms in total. The predicted octanol–water partition coefficient (Wildman–Crippen LogP) is 1.59. The summed E-state index contributed by atoms with van der Waals surface area (Å²) in [5.74, 6) is -0.986. The van der Waals surface area contributed by atoms with Gasteiger partial charge in [0.05, 0.1) is 13.3 Å². The van der Waals surface area contributed by atoms with Gasteiger partial charge in [-0.2, -0.15) is 0 Å². The number of hydrogen-bond donors (Lipinski definition) is 3. The van der Waals surface area contributed by atoms with E-state index < -0.39 is 35.2 Å². The smallest absolute Gasteiger partial charge is 0.326 e. The molecule has 0 bridgehead atoms. The van der Waals surface area contributed by atoms with E-state index in [1.807, 2.05) is 0 Å². The van der Waals surface area contributed by atoms with E-state index in [2.05, 4.69) is 9.97 Å². The normalized spacial score (nSPS) is 17.3. The van der Waals surface area contributed by atoms with Gasteiger partial charge in [0.25, 0.3) is 11.3 Å². The van der Waals surface area contributed by atoms with Gasteiger partial charge in [-0.15, -0.1) is 0 Å². The largest absolute Gasteiger partial charge is 0.496 e. The number of rotatable bonds is 9. The van der Waals surface area contributed by atoms with Crippen molar-refractivity contribution in [2.75, 3.05) is 42.7 Å². The Labute approximate surface area is 213 Å². The summed E-state index contributed by atoms with van der Waals surface area (Å²) in [5.41, 5.74) is 6.54. The first-order valence-corrected chi connectivity index (χ1v) is 12.8. The Bertz CT molecular complexity index is 1330. The Hall–Kier alpha value is -3.49.